The number of hydrogen-bond acceptors (Lipinski definition) is 0. The number of alkyl halides is 6. The summed E-state index contributed by atoms with van der Waals surface area (Å²) in [5.41, 5.74) is 5.42. The van der Waals surface area contributed by atoms with Crippen LogP contribution in [0.2, 0.25) is 0 Å². The first kappa shape index (κ1) is 39.1. The Kier molecular flexibility index (Phi) is 11.5. The van der Waals surface area contributed by atoms with Crippen molar-refractivity contribution in [3.8, 4) is 11.1 Å². The van der Waals surface area contributed by atoms with Crippen molar-refractivity contribution >= 4 is 3.21 Å². The van der Waals surface area contributed by atoms with E-state index in [4.69, 9.17) is 0 Å². The average molecular weight is 793 g/mol. The van der Waals surface area contributed by atoms with Gasteiger partial charge in [-0.05, 0) is 0 Å². The molecule has 0 aliphatic heterocycles. The second kappa shape index (κ2) is 14.5. The smallest absolute Gasteiger partial charge is 1.00 e. The van der Waals surface area contributed by atoms with Crippen molar-refractivity contribution in [3.05, 3.63) is 151 Å². The number of halogens is 8. The van der Waals surface area contributed by atoms with Gasteiger partial charge in [-0.25, -0.2) is 0 Å². The number of fused-ring (bicyclic) bond motifs is 3. The van der Waals surface area contributed by atoms with Crippen molar-refractivity contribution in [1.29, 1.82) is 0 Å². The predicted molar refractivity (Wildman–Crippen MR) is 174 cm³/mol. The van der Waals surface area contributed by atoms with E-state index in [2.05, 4.69) is 71.0 Å². The Morgan fingerprint density at radius 2 is 1.02 bits per heavy atom. The molecule has 4 aromatic rings. The summed E-state index contributed by atoms with van der Waals surface area (Å²) < 4.78 is 84.7. The van der Waals surface area contributed by atoms with Gasteiger partial charge in [-0.1, -0.05) is 0 Å². The molecule has 2 aliphatic rings. The second-order valence-electron chi connectivity index (χ2n) is 13.8. The average Bonchev–Trinajstić information content (AvgIpc) is 3.60. The summed E-state index contributed by atoms with van der Waals surface area (Å²) >= 11 is -3.45. The third-order valence-electron chi connectivity index (χ3n) is 9.32. The van der Waals surface area contributed by atoms with Gasteiger partial charge in [0.25, 0.3) is 0 Å². The molecule has 0 saturated carbocycles. The van der Waals surface area contributed by atoms with Crippen LogP contribution in [-0.2, 0) is 33.6 Å². The predicted octanol–water partition coefficient (Wildman–Crippen LogP) is 5.83. The maximum absolute atomic E-state index is 13.8. The first-order valence-electron chi connectivity index (χ1n) is 15.8. The molecule has 1 atom stereocenters. The first-order chi connectivity index (χ1) is 22.1. The fraction of sp³-hybridized carbons (Fsp3) is 0.275. The minimum absolute atomic E-state index is 0. The Labute approximate surface area is 304 Å². The first-order valence-corrected chi connectivity index (χ1v) is 19.7. The SMILES string of the molecule is CC(C)C1C=C(C(C)(C)C)C=[C]1[Zr+2](=[C](c1ccc(C(F)(F)F)cc1)c1ccc(C(F)(F)F)cc1)[CH]1c2ccccc2-c2ccccc21.[Cl-].[Cl-]. The van der Waals surface area contributed by atoms with E-state index in [0.29, 0.717) is 11.1 Å². The number of hydrogen-bond donors (Lipinski definition) is 0. The molecule has 0 amide bonds. The Bertz CT molecular complexity index is 1800. The van der Waals surface area contributed by atoms with Crippen LogP contribution < -0.4 is 24.8 Å². The fourth-order valence-corrected chi connectivity index (χ4v) is 16.9. The number of benzene rings is 4. The van der Waals surface area contributed by atoms with Crippen LogP contribution >= 0.6 is 0 Å². The van der Waals surface area contributed by atoms with Gasteiger partial charge >= 0.3 is 281 Å². The standard InChI is InChI=1S/C15H8F6.C13H9.C12H19.2ClH.Zr/c16-14(17,18)12-5-1-10(2-6-12)9-11-3-7-13(8-4-11)15(19,20)21;1-3-7-12-10(5-1)9-11-6-2-4-8-13(11)12;1-9(2)10-6-7-11(8-10)12(3,4)5;;;/h1-8H;1-9H;7-10H,1-5H3;2*1H;/q;;;;;+2/p-2. The Morgan fingerprint density at radius 3 is 1.39 bits per heavy atom. The Morgan fingerprint density at radius 1 is 0.612 bits per heavy atom. The summed E-state index contributed by atoms with van der Waals surface area (Å²) in [6.45, 7) is 10.9. The van der Waals surface area contributed by atoms with E-state index < -0.39 is 44.7 Å². The van der Waals surface area contributed by atoms with Gasteiger partial charge in [0.1, 0.15) is 0 Å². The van der Waals surface area contributed by atoms with Gasteiger partial charge in [0.05, 0.1) is 0 Å². The molecular weight excluding hydrogens is 757 g/mol. The van der Waals surface area contributed by atoms with E-state index in [1.54, 1.807) is 0 Å². The molecule has 0 nitrogen and oxygen atoms in total. The number of allylic oxidation sites excluding steroid dienone is 4. The molecule has 0 saturated heterocycles. The Hall–Kier alpha value is -2.73. The molecule has 9 heteroatoms. The molecule has 0 fully saturated rings. The van der Waals surface area contributed by atoms with Crippen LogP contribution in [0.3, 0.4) is 0 Å². The van der Waals surface area contributed by atoms with Crippen molar-refractivity contribution < 1.29 is 72.4 Å². The molecule has 2 aliphatic carbocycles. The van der Waals surface area contributed by atoms with Crippen LogP contribution in [0.25, 0.3) is 11.1 Å². The maximum Gasteiger partial charge on any atom is -1.00 e. The maximum atomic E-state index is 13.8. The third kappa shape index (κ3) is 7.65. The van der Waals surface area contributed by atoms with Gasteiger partial charge in [0, 0.05) is 0 Å². The van der Waals surface area contributed by atoms with Crippen LogP contribution in [0.5, 0.6) is 0 Å². The van der Waals surface area contributed by atoms with Gasteiger partial charge < -0.3 is 24.8 Å². The topological polar surface area (TPSA) is 0 Å². The van der Waals surface area contributed by atoms with Crippen molar-refractivity contribution in [2.75, 3.05) is 0 Å². The van der Waals surface area contributed by atoms with E-state index >= 15 is 0 Å². The van der Waals surface area contributed by atoms with Crippen molar-refractivity contribution in [2.24, 2.45) is 17.3 Å². The Balaban J connectivity index is 0.00000270. The summed E-state index contributed by atoms with van der Waals surface area (Å²) in [4.78, 5) is 0. The zero-order chi connectivity index (χ0) is 33.9. The summed E-state index contributed by atoms with van der Waals surface area (Å²) in [6, 6.07) is 27.1. The molecule has 4 aromatic carbocycles. The van der Waals surface area contributed by atoms with Crippen molar-refractivity contribution in [1.82, 2.24) is 0 Å². The molecular formula is C40H36Cl2F6Zr. The van der Waals surface area contributed by atoms with Crippen molar-refractivity contribution in [3.63, 3.8) is 0 Å². The third-order valence-corrected chi connectivity index (χ3v) is 17.7. The quantitative estimate of drug-likeness (QED) is 0.224. The summed E-state index contributed by atoms with van der Waals surface area (Å²) in [6.07, 6.45) is -4.35. The molecule has 0 bridgehead atoms. The van der Waals surface area contributed by atoms with E-state index in [1.165, 1.54) is 44.2 Å². The molecule has 0 aromatic heterocycles. The molecule has 1 unspecified atom stereocenters. The molecule has 0 radical (unpaired) electrons. The van der Waals surface area contributed by atoms with E-state index in [1.807, 2.05) is 24.3 Å². The minimum atomic E-state index is -4.51. The van der Waals surface area contributed by atoms with Gasteiger partial charge in [-0.3, -0.25) is 0 Å². The fourth-order valence-electron chi connectivity index (χ4n) is 6.92. The van der Waals surface area contributed by atoms with Gasteiger partial charge in [-0.2, -0.15) is 0 Å². The zero-order valence-corrected chi connectivity index (χ0v) is 31.6. The number of rotatable bonds is 5. The van der Waals surface area contributed by atoms with Crippen LogP contribution in [0.15, 0.2) is 118 Å². The molecule has 6 rings (SSSR count). The second-order valence-corrected chi connectivity index (χ2v) is 19.9. The van der Waals surface area contributed by atoms with Gasteiger partial charge in [-0.15, -0.1) is 0 Å². The molecule has 49 heavy (non-hydrogen) atoms. The van der Waals surface area contributed by atoms with E-state index in [9.17, 15) is 26.3 Å². The monoisotopic (exact) mass is 790 g/mol. The molecule has 0 spiro atoms. The summed E-state index contributed by atoms with van der Waals surface area (Å²) in [5.74, 6) is 0.336. The summed E-state index contributed by atoms with van der Waals surface area (Å²) in [7, 11) is 0. The van der Waals surface area contributed by atoms with Gasteiger partial charge in [0.2, 0.25) is 0 Å². The van der Waals surface area contributed by atoms with Crippen LogP contribution in [-0.4, -0.2) is 3.21 Å². The normalized spacial score (nSPS) is 15.7. The van der Waals surface area contributed by atoms with Crippen LogP contribution in [0, 0.1) is 17.3 Å². The zero-order valence-electron chi connectivity index (χ0n) is 27.6. The summed E-state index contributed by atoms with van der Waals surface area (Å²) in [5, 5.41) is 0. The molecule has 0 heterocycles. The molecule has 256 valence electrons. The van der Waals surface area contributed by atoms with Crippen LogP contribution in [0.4, 0.5) is 26.3 Å². The minimum Gasteiger partial charge on any atom is -1.00 e. The van der Waals surface area contributed by atoms with E-state index in [0.717, 1.165) is 38.6 Å². The largest absolute Gasteiger partial charge is 1.00 e. The van der Waals surface area contributed by atoms with E-state index in [-0.39, 0.29) is 45.7 Å². The van der Waals surface area contributed by atoms with Gasteiger partial charge in [0.15, 0.2) is 0 Å². The van der Waals surface area contributed by atoms with Crippen LogP contribution in [0.1, 0.15) is 71.6 Å². The van der Waals surface area contributed by atoms with Crippen molar-refractivity contribution in [2.45, 2.75) is 50.6 Å². The molecule has 0 N–H and O–H groups in total.